The standard InChI is InChI=1S/C24H25F4N3O.2C22H24FN3O/c1-3-6-16(2)23(25)22-15-31(30-29-22)19-11-9-17(10-12-19)13-20(32)14-18-7-4-5-8-21(18)24(26,27)28;1-16(2)6-9-20-15-26(25-24-20)21-10-7-17(8-11-21)13-22(27)14-18-4-3-5-19(23)12-18;1-16(2)7-10-19-15-26(25-24-19)20-11-8-17(9-12-20)13-21(27)14-18-5-3-4-6-22(18)23/h4-5,7-12,15-16,23H,3,6,13-14H2,1-2H3;3-5,7-8,10-12,15-16H,6,9,13-14H2,1-2H3;3-6,8-9,11-12,15-16H,7,10,13-14H2,1-2H3. The lowest BCUT2D eigenvalue weighted by Gasteiger charge is -2.12. The Hall–Kier alpha value is -8.67. The van der Waals surface area contributed by atoms with Crippen molar-refractivity contribution in [2.45, 2.75) is 131 Å². The number of nitrogens with zero attached hydrogens (tertiary/aromatic N) is 9. The van der Waals surface area contributed by atoms with E-state index >= 15 is 0 Å². The third-order valence-electron chi connectivity index (χ3n) is 14.2. The van der Waals surface area contributed by atoms with Crippen LogP contribution in [0.4, 0.5) is 26.3 Å². The van der Waals surface area contributed by atoms with Crippen molar-refractivity contribution in [2.24, 2.45) is 17.8 Å². The lowest BCUT2D eigenvalue weighted by Crippen LogP contribution is -2.13. The molecular formula is C68H73F6N9O3. The van der Waals surface area contributed by atoms with E-state index in [0.717, 1.165) is 78.5 Å². The Bertz CT molecular complexity index is 3590. The quantitative estimate of drug-likeness (QED) is 0.0511. The SMILES string of the molecule is CC(C)CCc1cn(-c2ccc(CC(=O)Cc3cccc(F)c3)cc2)nn1.CC(C)CCc1cn(-c2ccc(CC(=O)Cc3ccccc3F)cc2)nn1.CCCC(C)C(F)c1cn(-c2ccc(CC(=O)Cc3ccccc3C(F)(F)F)cc2)nn1. The lowest BCUT2D eigenvalue weighted by atomic mass is 9.98. The van der Waals surface area contributed by atoms with E-state index in [0.29, 0.717) is 40.6 Å². The molecule has 3 aromatic heterocycles. The molecule has 0 fully saturated rings. The number of rotatable bonds is 25. The highest BCUT2D eigenvalue weighted by Gasteiger charge is 2.33. The molecule has 0 spiro atoms. The van der Waals surface area contributed by atoms with Crippen molar-refractivity contribution < 1.29 is 40.7 Å². The summed E-state index contributed by atoms with van der Waals surface area (Å²) in [4.78, 5) is 36.8. The lowest BCUT2D eigenvalue weighted by molar-refractivity contribution is -0.138. The van der Waals surface area contributed by atoms with E-state index in [-0.39, 0.29) is 78.3 Å². The number of Topliss-reactive ketones (excluding diaryl/α,β-unsaturated/α-hetero) is 3. The molecule has 2 unspecified atom stereocenters. The number of hydrogen-bond acceptors (Lipinski definition) is 9. The van der Waals surface area contributed by atoms with Crippen molar-refractivity contribution in [3.8, 4) is 17.1 Å². The van der Waals surface area contributed by atoms with Gasteiger partial charge in [-0.15, -0.1) is 15.3 Å². The minimum Gasteiger partial charge on any atom is -0.299 e. The van der Waals surface area contributed by atoms with E-state index in [2.05, 4.69) is 58.6 Å². The molecule has 0 saturated heterocycles. The van der Waals surface area contributed by atoms with Gasteiger partial charge in [0, 0.05) is 38.5 Å². The molecule has 9 aromatic rings. The average Bonchev–Trinajstić information content (AvgIpc) is 3.01. The van der Waals surface area contributed by atoms with Crippen LogP contribution in [0, 0.1) is 29.4 Å². The fourth-order valence-electron chi connectivity index (χ4n) is 9.44. The normalized spacial score (nSPS) is 12.1. The zero-order valence-electron chi connectivity index (χ0n) is 49.4. The molecule has 0 saturated carbocycles. The van der Waals surface area contributed by atoms with Crippen molar-refractivity contribution in [3.05, 3.63) is 232 Å². The first-order valence-electron chi connectivity index (χ1n) is 29.0. The largest absolute Gasteiger partial charge is 0.416 e. The Morgan fingerprint density at radius 3 is 1.37 bits per heavy atom. The number of ketones is 3. The van der Waals surface area contributed by atoms with Crippen LogP contribution in [0.1, 0.15) is 129 Å². The first-order chi connectivity index (χ1) is 41.2. The third-order valence-corrected chi connectivity index (χ3v) is 14.2. The zero-order chi connectivity index (χ0) is 61.8. The summed E-state index contributed by atoms with van der Waals surface area (Å²) in [5.74, 6) is 0.208. The Morgan fingerprint density at radius 2 is 0.907 bits per heavy atom. The van der Waals surface area contributed by atoms with Gasteiger partial charge in [0.2, 0.25) is 0 Å². The van der Waals surface area contributed by atoms with Crippen LogP contribution in [-0.4, -0.2) is 62.3 Å². The second-order valence-electron chi connectivity index (χ2n) is 22.5. The van der Waals surface area contributed by atoms with Crippen molar-refractivity contribution >= 4 is 17.3 Å². The molecule has 0 radical (unpaired) electrons. The van der Waals surface area contributed by atoms with Gasteiger partial charge in [-0.25, -0.2) is 27.2 Å². The molecule has 0 bridgehead atoms. The van der Waals surface area contributed by atoms with Gasteiger partial charge in [-0.2, -0.15) is 13.2 Å². The van der Waals surface area contributed by atoms with Crippen LogP contribution in [0.5, 0.6) is 0 Å². The molecule has 0 aliphatic rings. The first-order valence-corrected chi connectivity index (χ1v) is 29.0. The molecular weight excluding hydrogens is 1100 g/mol. The van der Waals surface area contributed by atoms with Gasteiger partial charge < -0.3 is 0 Å². The smallest absolute Gasteiger partial charge is 0.299 e. The number of alkyl halides is 4. The number of hydrogen-bond donors (Lipinski definition) is 0. The van der Waals surface area contributed by atoms with Gasteiger partial charge >= 0.3 is 6.18 Å². The summed E-state index contributed by atoms with van der Waals surface area (Å²) in [6.07, 6.45) is 6.08. The topological polar surface area (TPSA) is 143 Å². The van der Waals surface area contributed by atoms with Crippen LogP contribution in [0.3, 0.4) is 0 Å². The van der Waals surface area contributed by atoms with E-state index < -0.39 is 17.9 Å². The van der Waals surface area contributed by atoms with Crippen molar-refractivity contribution in [2.75, 3.05) is 0 Å². The molecule has 0 aliphatic heterocycles. The van der Waals surface area contributed by atoms with Gasteiger partial charge in [0.15, 0.2) is 0 Å². The molecule has 450 valence electrons. The molecule has 2 atom stereocenters. The number of benzene rings is 6. The van der Waals surface area contributed by atoms with Crippen molar-refractivity contribution in [3.63, 3.8) is 0 Å². The predicted molar refractivity (Wildman–Crippen MR) is 320 cm³/mol. The molecule has 0 aliphatic carbocycles. The predicted octanol–water partition coefficient (Wildman–Crippen LogP) is 14.8. The molecule has 6 aromatic carbocycles. The second kappa shape index (κ2) is 31.5. The Balaban J connectivity index is 0.000000185. The summed E-state index contributed by atoms with van der Waals surface area (Å²) in [5, 5.41) is 24.7. The van der Waals surface area contributed by atoms with Crippen LogP contribution in [0.25, 0.3) is 17.1 Å². The molecule has 86 heavy (non-hydrogen) atoms. The zero-order valence-corrected chi connectivity index (χ0v) is 49.4. The molecule has 0 N–H and O–H groups in total. The van der Waals surface area contributed by atoms with Crippen LogP contribution >= 0.6 is 0 Å². The van der Waals surface area contributed by atoms with E-state index in [1.165, 1.54) is 41.1 Å². The van der Waals surface area contributed by atoms with Crippen molar-refractivity contribution in [1.29, 1.82) is 0 Å². The van der Waals surface area contributed by atoms with E-state index in [4.69, 9.17) is 0 Å². The Labute approximate surface area is 498 Å². The Morgan fingerprint density at radius 1 is 0.477 bits per heavy atom. The average molecular weight is 1180 g/mol. The maximum Gasteiger partial charge on any atom is 0.416 e. The second-order valence-corrected chi connectivity index (χ2v) is 22.5. The summed E-state index contributed by atoms with van der Waals surface area (Å²) in [7, 11) is 0. The summed E-state index contributed by atoms with van der Waals surface area (Å²) in [5.41, 5.74) is 7.54. The van der Waals surface area contributed by atoms with E-state index in [1.54, 1.807) is 70.2 Å². The minimum atomic E-state index is -4.50. The number of carbonyl (C=O) groups excluding carboxylic acids is 3. The number of carbonyl (C=O) groups is 3. The van der Waals surface area contributed by atoms with Gasteiger partial charge in [0.05, 0.1) is 52.6 Å². The van der Waals surface area contributed by atoms with Gasteiger partial charge in [-0.3, -0.25) is 14.4 Å². The fraction of sp³-hybridized carbons (Fsp3) is 0.338. The maximum atomic E-state index is 14.5. The van der Waals surface area contributed by atoms with E-state index in [1.807, 2.05) is 74.8 Å². The van der Waals surface area contributed by atoms with Crippen LogP contribution in [0.15, 0.2) is 164 Å². The van der Waals surface area contributed by atoms with Gasteiger partial charge in [-0.1, -0.05) is 149 Å². The molecule has 3 heterocycles. The summed E-state index contributed by atoms with van der Waals surface area (Å²) in [6, 6.07) is 39.9. The highest BCUT2D eigenvalue weighted by molar-refractivity contribution is 5.84. The van der Waals surface area contributed by atoms with Gasteiger partial charge in [-0.05, 0) is 144 Å². The highest BCUT2D eigenvalue weighted by atomic mass is 19.4. The molecule has 0 amide bonds. The molecule has 18 heteroatoms. The number of halogens is 6. The molecule has 12 nitrogen and oxygen atoms in total. The highest BCUT2D eigenvalue weighted by Crippen LogP contribution is 2.33. The fourth-order valence-corrected chi connectivity index (χ4v) is 9.44. The summed E-state index contributed by atoms with van der Waals surface area (Å²) in [6.45, 7) is 12.6. The third kappa shape index (κ3) is 20.3. The first kappa shape index (κ1) is 64.9. The van der Waals surface area contributed by atoms with Crippen LogP contribution in [0.2, 0.25) is 0 Å². The van der Waals surface area contributed by atoms with Crippen LogP contribution in [-0.2, 0) is 71.9 Å². The van der Waals surface area contributed by atoms with Gasteiger partial charge in [0.25, 0.3) is 0 Å². The van der Waals surface area contributed by atoms with E-state index in [9.17, 15) is 40.7 Å². The summed E-state index contributed by atoms with van der Waals surface area (Å²) >= 11 is 0. The maximum absolute atomic E-state index is 14.5. The molecule has 9 rings (SSSR count). The number of aromatic nitrogens is 9. The van der Waals surface area contributed by atoms with Crippen molar-refractivity contribution in [1.82, 2.24) is 45.0 Å². The summed E-state index contributed by atoms with van der Waals surface area (Å²) < 4.78 is 85.7. The van der Waals surface area contributed by atoms with Gasteiger partial charge in [0.1, 0.15) is 40.8 Å². The Kier molecular flexibility index (Phi) is 23.7. The minimum absolute atomic E-state index is 0.00965. The number of aryl methyl sites for hydroxylation is 2. The monoisotopic (exact) mass is 1180 g/mol. The van der Waals surface area contributed by atoms with Crippen LogP contribution < -0.4 is 0 Å².